The molecule has 3 heterocycles. The van der Waals surface area contributed by atoms with Crippen LogP contribution in [0.25, 0.3) is 0 Å². The van der Waals surface area contributed by atoms with Crippen LogP contribution in [0.1, 0.15) is 18.2 Å². The van der Waals surface area contributed by atoms with Gasteiger partial charge in [-0.3, -0.25) is 4.68 Å². The van der Waals surface area contributed by atoms with Gasteiger partial charge in [-0.1, -0.05) is 0 Å². The van der Waals surface area contributed by atoms with Gasteiger partial charge in [0.1, 0.15) is 0 Å². The molecule has 0 amide bonds. The van der Waals surface area contributed by atoms with Gasteiger partial charge in [0.25, 0.3) is 0 Å². The Balaban J connectivity index is 1.84. The molecule has 0 aliphatic carbocycles. The molecule has 6 nitrogen and oxygen atoms in total. The Morgan fingerprint density at radius 2 is 2.16 bits per heavy atom. The van der Waals surface area contributed by atoms with E-state index in [9.17, 15) is 0 Å². The third-order valence-corrected chi connectivity index (χ3v) is 3.37. The van der Waals surface area contributed by atoms with Crippen molar-refractivity contribution in [3.63, 3.8) is 0 Å². The van der Waals surface area contributed by atoms with Gasteiger partial charge in [-0.05, 0) is 18.6 Å². The Bertz CT molecular complexity index is 527. The standard InChI is InChI=1S/C13H17N5O/c1-19-8-4-12-10-17(13-14-5-2-6-15-13)9-11-3-7-16-18(11)12/h2-3,5-7,12H,4,8-10H2,1H3. The summed E-state index contributed by atoms with van der Waals surface area (Å²) in [5, 5.41) is 4.41. The van der Waals surface area contributed by atoms with Crippen LogP contribution < -0.4 is 4.90 Å². The molecule has 2 aromatic heterocycles. The number of ether oxygens (including phenoxy) is 1. The van der Waals surface area contributed by atoms with E-state index in [2.05, 4.69) is 30.7 Å². The third kappa shape index (κ3) is 2.44. The summed E-state index contributed by atoms with van der Waals surface area (Å²) < 4.78 is 7.28. The number of rotatable bonds is 4. The summed E-state index contributed by atoms with van der Waals surface area (Å²) in [7, 11) is 1.73. The van der Waals surface area contributed by atoms with E-state index >= 15 is 0 Å². The first-order valence-corrected chi connectivity index (χ1v) is 6.42. The lowest BCUT2D eigenvalue weighted by molar-refractivity contribution is 0.172. The average molecular weight is 259 g/mol. The quantitative estimate of drug-likeness (QED) is 0.827. The van der Waals surface area contributed by atoms with E-state index in [1.165, 1.54) is 5.69 Å². The normalized spacial score (nSPS) is 18.4. The lowest BCUT2D eigenvalue weighted by atomic mass is 10.1. The Hall–Kier alpha value is -1.95. The van der Waals surface area contributed by atoms with Crippen molar-refractivity contribution in [3.8, 4) is 0 Å². The van der Waals surface area contributed by atoms with Gasteiger partial charge in [0.2, 0.25) is 5.95 Å². The Labute approximate surface area is 112 Å². The Morgan fingerprint density at radius 1 is 1.32 bits per heavy atom. The van der Waals surface area contributed by atoms with Crippen LogP contribution in [0, 0.1) is 0 Å². The molecule has 0 bridgehead atoms. The zero-order chi connectivity index (χ0) is 13.1. The van der Waals surface area contributed by atoms with E-state index in [4.69, 9.17) is 4.74 Å². The number of hydrogen-bond donors (Lipinski definition) is 0. The van der Waals surface area contributed by atoms with Crippen LogP contribution in [0.4, 0.5) is 5.95 Å². The topological polar surface area (TPSA) is 56.1 Å². The van der Waals surface area contributed by atoms with Crippen LogP contribution in [0.2, 0.25) is 0 Å². The van der Waals surface area contributed by atoms with E-state index in [-0.39, 0.29) is 0 Å². The summed E-state index contributed by atoms with van der Waals surface area (Å²) in [4.78, 5) is 10.8. The minimum atomic E-state index is 0.308. The van der Waals surface area contributed by atoms with Gasteiger partial charge in [0.05, 0.1) is 18.3 Å². The monoisotopic (exact) mass is 259 g/mol. The molecular formula is C13H17N5O. The summed E-state index contributed by atoms with van der Waals surface area (Å²) in [5.41, 5.74) is 1.19. The summed E-state index contributed by atoms with van der Waals surface area (Å²) in [6.07, 6.45) is 6.34. The van der Waals surface area contributed by atoms with Crippen molar-refractivity contribution in [2.75, 3.05) is 25.2 Å². The largest absolute Gasteiger partial charge is 0.385 e. The predicted octanol–water partition coefficient (Wildman–Crippen LogP) is 1.27. The second-order valence-electron chi connectivity index (χ2n) is 4.63. The molecule has 0 fully saturated rings. The predicted molar refractivity (Wildman–Crippen MR) is 70.8 cm³/mol. The zero-order valence-corrected chi connectivity index (χ0v) is 10.9. The molecule has 0 aromatic carbocycles. The number of nitrogens with zero attached hydrogens (tertiary/aromatic N) is 5. The third-order valence-electron chi connectivity index (χ3n) is 3.37. The molecule has 2 aromatic rings. The summed E-state index contributed by atoms with van der Waals surface area (Å²) >= 11 is 0. The first-order chi connectivity index (χ1) is 9.38. The minimum Gasteiger partial charge on any atom is -0.385 e. The smallest absolute Gasteiger partial charge is 0.225 e. The fourth-order valence-electron chi connectivity index (χ4n) is 2.46. The van der Waals surface area contributed by atoms with E-state index in [1.54, 1.807) is 19.5 Å². The highest BCUT2D eigenvalue weighted by Crippen LogP contribution is 2.25. The van der Waals surface area contributed by atoms with Crippen LogP contribution >= 0.6 is 0 Å². The molecule has 0 saturated carbocycles. The van der Waals surface area contributed by atoms with Gasteiger partial charge < -0.3 is 9.64 Å². The molecule has 1 atom stereocenters. The van der Waals surface area contributed by atoms with Crippen LogP contribution in [0.15, 0.2) is 30.7 Å². The minimum absolute atomic E-state index is 0.308. The lowest BCUT2D eigenvalue weighted by Gasteiger charge is -2.33. The number of aromatic nitrogens is 4. The lowest BCUT2D eigenvalue weighted by Crippen LogP contribution is -2.39. The van der Waals surface area contributed by atoms with Crippen molar-refractivity contribution >= 4 is 5.95 Å². The summed E-state index contributed by atoms with van der Waals surface area (Å²) in [6, 6.07) is 4.19. The van der Waals surface area contributed by atoms with Crippen LogP contribution in [0.3, 0.4) is 0 Å². The number of fused-ring (bicyclic) bond motifs is 1. The highest BCUT2D eigenvalue weighted by molar-refractivity contribution is 5.32. The van der Waals surface area contributed by atoms with Crippen LogP contribution in [-0.4, -0.2) is 40.0 Å². The SMILES string of the molecule is COCCC1CN(c2ncccn2)Cc2ccnn21. The van der Waals surface area contributed by atoms with Gasteiger partial charge in [-0.15, -0.1) is 0 Å². The molecule has 1 unspecified atom stereocenters. The Kier molecular flexibility index (Phi) is 3.41. The molecule has 19 heavy (non-hydrogen) atoms. The van der Waals surface area contributed by atoms with Crippen molar-refractivity contribution in [1.29, 1.82) is 0 Å². The van der Waals surface area contributed by atoms with Gasteiger partial charge >= 0.3 is 0 Å². The second-order valence-corrected chi connectivity index (χ2v) is 4.63. The van der Waals surface area contributed by atoms with E-state index in [0.717, 1.165) is 32.1 Å². The maximum atomic E-state index is 5.19. The zero-order valence-electron chi connectivity index (χ0n) is 10.9. The molecular weight excluding hydrogens is 242 g/mol. The van der Waals surface area contributed by atoms with Crippen molar-refractivity contribution in [3.05, 3.63) is 36.4 Å². The molecule has 6 heteroatoms. The van der Waals surface area contributed by atoms with Gasteiger partial charge in [0.15, 0.2) is 0 Å². The van der Waals surface area contributed by atoms with Crippen molar-refractivity contribution < 1.29 is 4.74 Å². The van der Waals surface area contributed by atoms with E-state index in [0.29, 0.717) is 6.04 Å². The summed E-state index contributed by atoms with van der Waals surface area (Å²) in [5.74, 6) is 0.775. The number of methoxy groups -OCH3 is 1. The van der Waals surface area contributed by atoms with Crippen molar-refractivity contribution in [1.82, 2.24) is 19.7 Å². The average Bonchev–Trinajstić information content (AvgIpc) is 2.94. The molecule has 0 spiro atoms. The first-order valence-electron chi connectivity index (χ1n) is 6.42. The van der Waals surface area contributed by atoms with Crippen molar-refractivity contribution in [2.45, 2.75) is 19.0 Å². The molecule has 0 saturated heterocycles. The second kappa shape index (κ2) is 5.36. The summed E-state index contributed by atoms with van der Waals surface area (Å²) in [6.45, 7) is 2.39. The molecule has 1 aliphatic rings. The number of hydrogen-bond acceptors (Lipinski definition) is 5. The van der Waals surface area contributed by atoms with E-state index in [1.807, 2.05) is 12.3 Å². The highest BCUT2D eigenvalue weighted by Gasteiger charge is 2.26. The maximum Gasteiger partial charge on any atom is 0.225 e. The number of anilines is 1. The molecule has 1 aliphatic heterocycles. The van der Waals surface area contributed by atoms with Gasteiger partial charge in [0, 0.05) is 38.9 Å². The van der Waals surface area contributed by atoms with Gasteiger partial charge in [-0.25, -0.2) is 9.97 Å². The van der Waals surface area contributed by atoms with Gasteiger partial charge in [-0.2, -0.15) is 5.10 Å². The first kappa shape index (κ1) is 12.1. The van der Waals surface area contributed by atoms with Crippen molar-refractivity contribution in [2.24, 2.45) is 0 Å². The maximum absolute atomic E-state index is 5.19. The fraction of sp³-hybridized carbons (Fsp3) is 0.462. The molecule has 3 rings (SSSR count). The Morgan fingerprint density at radius 3 is 2.95 bits per heavy atom. The molecule has 0 N–H and O–H groups in total. The fourth-order valence-corrected chi connectivity index (χ4v) is 2.46. The van der Waals surface area contributed by atoms with Crippen LogP contribution in [0.5, 0.6) is 0 Å². The molecule has 0 radical (unpaired) electrons. The highest BCUT2D eigenvalue weighted by atomic mass is 16.5. The van der Waals surface area contributed by atoms with E-state index < -0.39 is 0 Å². The van der Waals surface area contributed by atoms with Crippen LogP contribution in [-0.2, 0) is 11.3 Å². The molecule has 100 valence electrons.